The third-order valence-electron chi connectivity index (χ3n) is 1.36. The Bertz CT molecular complexity index is 181. The summed E-state index contributed by atoms with van der Waals surface area (Å²) in [4.78, 5) is 3.75. The van der Waals surface area contributed by atoms with Gasteiger partial charge in [-0.05, 0) is 19.6 Å². The Morgan fingerprint density at radius 3 is 2.67 bits per heavy atom. The molecule has 0 saturated heterocycles. The molecule has 0 saturated carbocycles. The van der Waals surface area contributed by atoms with Gasteiger partial charge in [0.1, 0.15) is 0 Å². The van der Waals surface area contributed by atoms with Crippen molar-refractivity contribution in [2.75, 3.05) is 6.54 Å². The van der Waals surface area contributed by atoms with E-state index in [-0.39, 0.29) is 0 Å². The molecule has 0 radical (unpaired) electrons. The summed E-state index contributed by atoms with van der Waals surface area (Å²) in [5.41, 5.74) is 0. The van der Waals surface area contributed by atoms with E-state index in [9.17, 15) is 0 Å². The van der Waals surface area contributed by atoms with Gasteiger partial charge in [-0.1, -0.05) is 19.1 Å². The normalized spacial score (nSPS) is 9.42. The molecule has 0 N–H and O–H groups in total. The van der Waals surface area contributed by atoms with Gasteiger partial charge in [-0.25, -0.2) is 0 Å². The summed E-state index contributed by atoms with van der Waals surface area (Å²) >= 11 is 0. The Labute approximate surface area is 75.6 Å². The van der Waals surface area contributed by atoms with Crippen LogP contribution < -0.4 is 0 Å². The van der Waals surface area contributed by atoms with Crippen molar-refractivity contribution in [2.24, 2.45) is 4.99 Å². The lowest BCUT2D eigenvalue weighted by atomic mass is 10.2. The molecule has 0 unspecified atom stereocenters. The first-order chi connectivity index (χ1) is 5.91. The first-order valence-corrected chi connectivity index (χ1v) is 4.45. The highest BCUT2D eigenvalue weighted by Crippen LogP contribution is 1.91. The quantitative estimate of drug-likeness (QED) is 0.256. The van der Waals surface area contributed by atoms with Crippen LogP contribution in [-0.4, -0.2) is 13.3 Å². The lowest BCUT2D eigenvalue weighted by molar-refractivity contribution is 0.995. The number of aliphatic imine (C=N–C) groups is 1. The van der Waals surface area contributed by atoms with E-state index in [1.807, 2.05) is 0 Å². The molecule has 0 amide bonds. The van der Waals surface area contributed by atoms with Gasteiger partial charge < -0.3 is 4.99 Å². The van der Waals surface area contributed by atoms with Crippen molar-refractivity contribution in [3.63, 3.8) is 0 Å². The maximum atomic E-state index is 3.75. The maximum absolute atomic E-state index is 3.75. The van der Waals surface area contributed by atoms with Gasteiger partial charge >= 0.3 is 0 Å². The van der Waals surface area contributed by atoms with E-state index in [2.05, 4.69) is 42.6 Å². The van der Waals surface area contributed by atoms with Crippen LogP contribution in [0.15, 0.2) is 17.1 Å². The molecule has 1 nitrogen and oxygen atoms in total. The van der Waals surface area contributed by atoms with E-state index < -0.39 is 0 Å². The molecule has 0 heterocycles. The second kappa shape index (κ2) is 9.97. The standard InChI is InChI=1S/C11H17N/c1-3-4-5-6-7-8-9-10-11-12-2/h8-9H,2-3,6-7,10-11H2,1H3/b9-8-. The van der Waals surface area contributed by atoms with Gasteiger partial charge in [0.2, 0.25) is 0 Å². The lowest BCUT2D eigenvalue weighted by Crippen LogP contribution is -1.73. The van der Waals surface area contributed by atoms with Crippen molar-refractivity contribution in [2.45, 2.75) is 32.6 Å². The van der Waals surface area contributed by atoms with Crippen LogP contribution in [0, 0.1) is 11.8 Å². The summed E-state index contributed by atoms with van der Waals surface area (Å²) in [6, 6.07) is 0. The molecule has 0 bridgehead atoms. The predicted molar refractivity (Wildman–Crippen MR) is 55.5 cm³/mol. The summed E-state index contributed by atoms with van der Waals surface area (Å²) < 4.78 is 0. The number of hydrogen-bond acceptors (Lipinski definition) is 1. The number of allylic oxidation sites excluding steroid dienone is 1. The lowest BCUT2D eigenvalue weighted by Gasteiger charge is -1.85. The predicted octanol–water partition coefficient (Wildman–Crippen LogP) is 2.83. The molecule has 0 spiro atoms. The first-order valence-electron chi connectivity index (χ1n) is 4.45. The fourth-order valence-corrected chi connectivity index (χ4v) is 0.770. The van der Waals surface area contributed by atoms with Crippen molar-refractivity contribution in [1.82, 2.24) is 0 Å². The van der Waals surface area contributed by atoms with Gasteiger partial charge in [0.15, 0.2) is 0 Å². The highest BCUT2D eigenvalue weighted by molar-refractivity contribution is 5.23. The molecule has 0 rings (SSSR count). The van der Waals surface area contributed by atoms with E-state index in [1.165, 1.54) is 0 Å². The number of unbranched alkanes of at least 4 members (excludes halogenated alkanes) is 1. The molecule has 0 aliphatic rings. The van der Waals surface area contributed by atoms with Crippen LogP contribution in [0.5, 0.6) is 0 Å². The van der Waals surface area contributed by atoms with E-state index >= 15 is 0 Å². The zero-order valence-corrected chi connectivity index (χ0v) is 7.84. The van der Waals surface area contributed by atoms with Crippen molar-refractivity contribution >= 4 is 6.72 Å². The van der Waals surface area contributed by atoms with Crippen LogP contribution in [0.1, 0.15) is 32.6 Å². The third kappa shape index (κ3) is 8.97. The molecule has 0 aromatic heterocycles. The van der Waals surface area contributed by atoms with Crippen molar-refractivity contribution < 1.29 is 0 Å². The molecule has 0 atom stereocenters. The van der Waals surface area contributed by atoms with E-state index in [0.29, 0.717) is 0 Å². The fourth-order valence-electron chi connectivity index (χ4n) is 0.770. The minimum Gasteiger partial charge on any atom is -0.301 e. The Balaban J connectivity index is 3.18. The van der Waals surface area contributed by atoms with Crippen molar-refractivity contribution in [3.05, 3.63) is 12.2 Å². The zero-order valence-electron chi connectivity index (χ0n) is 7.84. The van der Waals surface area contributed by atoms with Gasteiger partial charge in [-0.2, -0.15) is 0 Å². The van der Waals surface area contributed by atoms with Gasteiger partial charge in [-0.3, -0.25) is 0 Å². The van der Waals surface area contributed by atoms with E-state index in [1.54, 1.807) is 0 Å². The smallest absolute Gasteiger partial charge is 0.0416 e. The summed E-state index contributed by atoms with van der Waals surface area (Å²) in [5.74, 6) is 6.13. The molecule has 0 aromatic carbocycles. The highest BCUT2D eigenvalue weighted by Gasteiger charge is 1.76. The Morgan fingerprint density at radius 2 is 2.00 bits per heavy atom. The molecule has 1 heteroatoms. The molecular weight excluding hydrogens is 146 g/mol. The van der Waals surface area contributed by atoms with Crippen LogP contribution in [0.3, 0.4) is 0 Å². The molecule has 0 aliphatic heterocycles. The van der Waals surface area contributed by atoms with Crippen molar-refractivity contribution in [1.29, 1.82) is 0 Å². The Morgan fingerprint density at radius 1 is 1.25 bits per heavy atom. The third-order valence-corrected chi connectivity index (χ3v) is 1.36. The monoisotopic (exact) mass is 163 g/mol. The number of nitrogens with zero attached hydrogens (tertiary/aromatic N) is 1. The first kappa shape index (κ1) is 11.0. The Kier molecular flexibility index (Phi) is 9.11. The fraction of sp³-hybridized carbons (Fsp3) is 0.545. The van der Waals surface area contributed by atoms with E-state index in [4.69, 9.17) is 0 Å². The topological polar surface area (TPSA) is 12.4 Å². The van der Waals surface area contributed by atoms with Crippen molar-refractivity contribution in [3.8, 4) is 11.8 Å². The summed E-state index contributed by atoms with van der Waals surface area (Å²) in [5, 5.41) is 0. The molecule has 0 aromatic rings. The summed E-state index contributed by atoms with van der Waals surface area (Å²) in [6.07, 6.45) is 8.31. The molecule has 0 aliphatic carbocycles. The van der Waals surface area contributed by atoms with Gasteiger partial charge in [0, 0.05) is 19.4 Å². The molecule has 12 heavy (non-hydrogen) atoms. The molecular formula is C11H17N. The minimum absolute atomic E-state index is 0.830. The summed E-state index contributed by atoms with van der Waals surface area (Å²) in [6.45, 7) is 6.31. The maximum Gasteiger partial charge on any atom is 0.0416 e. The SMILES string of the molecule is C=NCC/C=C\CCC#CCC. The highest BCUT2D eigenvalue weighted by atomic mass is 14.7. The number of hydrogen-bond donors (Lipinski definition) is 0. The van der Waals surface area contributed by atoms with Crippen LogP contribution in [0.2, 0.25) is 0 Å². The van der Waals surface area contributed by atoms with Crippen LogP contribution in [-0.2, 0) is 0 Å². The molecule has 0 fully saturated rings. The van der Waals surface area contributed by atoms with Crippen LogP contribution in [0.4, 0.5) is 0 Å². The second-order valence-corrected chi connectivity index (χ2v) is 2.45. The van der Waals surface area contributed by atoms with E-state index in [0.717, 1.165) is 32.2 Å². The van der Waals surface area contributed by atoms with Crippen LogP contribution >= 0.6 is 0 Å². The van der Waals surface area contributed by atoms with Gasteiger partial charge in [0.25, 0.3) is 0 Å². The summed E-state index contributed by atoms with van der Waals surface area (Å²) in [7, 11) is 0. The minimum atomic E-state index is 0.830. The largest absolute Gasteiger partial charge is 0.301 e. The zero-order chi connectivity index (χ0) is 9.07. The second-order valence-electron chi connectivity index (χ2n) is 2.45. The average Bonchev–Trinajstić information content (AvgIpc) is 2.10. The average molecular weight is 163 g/mol. The number of rotatable bonds is 5. The van der Waals surface area contributed by atoms with Gasteiger partial charge in [-0.15, -0.1) is 11.8 Å². The Hall–Kier alpha value is -1.03. The van der Waals surface area contributed by atoms with Gasteiger partial charge in [0.05, 0.1) is 0 Å². The van der Waals surface area contributed by atoms with Crippen LogP contribution in [0.25, 0.3) is 0 Å². The molecule has 66 valence electrons.